The zero-order valence-corrected chi connectivity index (χ0v) is 12.9. The first-order valence-electron chi connectivity index (χ1n) is 6.14. The summed E-state index contributed by atoms with van der Waals surface area (Å²) in [6.45, 7) is 3.64. The van der Waals surface area contributed by atoms with Crippen LogP contribution in [0.25, 0.3) is 0 Å². The summed E-state index contributed by atoms with van der Waals surface area (Å²) in [6.07, 6.45) is 0. The Labute approximate surface area is 126 Å². The van der Waals surface area contributed by atoms with Gasteiger partial charge in [-0.3, -0.25) is 4.79 Å². The van der Waals surface area contributed by atoms with Gasteiger partial charge in [-0.05, 0) is 25.0 Å². The highest BCUT2D eigenvalue weighted by Gasteiger charge is 2.13. The van der Waals surface area contributed by atoms with Crippen molar-refractivity contribution >= 4 is 34.2 Å². The number of nitrogens with zero attached hydrogens (tertiary/aromatic N) is 1. The zero-order chi connectivity index (χ0) is 14.7. The summed E-state index contributed by atoms with van der Waals surface area (Å²) in [6, 6.07) is 7.70. The summed E-state index contributed by atoms with van der Waals surface area (Å²) < 4.78 is 1.13. The van der Waals surface area contributed by atoms with Crippen molar-refractivity contribution in [1.29, 1.82) is 0 Å². The number of hydrogen-bond donors (Lipinski definition) is 2. The second kappa shape index (κ2) is 6.28. The van der Waals surface area contributed by atoms with Gasteiger partial charge in [0.1, 0.15) is 0 Å². The largest absolute Gasteiger partial charge is 0.481 e. The van der Waals surface area contributed by atoms with Gasteiger partial charge in [0.25, 0.3) is 0 Å². The highest BCUT2D eigenvalue weighted by atomic mass is 32.2. The van der Waals surface area contributed by atoms with Crippen LogP contribution in [0.4, 0.5) is 5.13 Å². The summed E-state index contributed by atoms with van der Waals surface area (Å²) in [5, 5.41) is 9.56. The fourth-order valence-corrected chi connectivity index (χ4v) is 3.71. The van der Waals surface area contributed by atoms with Gasteiger partial charge in [-0.1, -0.05) is 35.6 Å². The van der Waals surface area contributed by atoms with Gasteiger partial charge >= 0.3 is 5.97 Å². The molecule has 1 unspecified atom stereocenters. The van der Waals surface area contributed by atoms with Crippen molar-refractivity contribution in [1.82, 2.24) is 4.98 Å². The van der Waals surface area contributed by atoms with Crippen molar-refractivity contribution in [3.63, 3.8) is 0 Å². The van der Waals surface area contributed by atoms with E-state index in [4.69, 9.17) is 10.8 Å². The minimum atomic E-state index is -0.803. The van der Waals surface area contributed by atoms with E-state index in [9.17, 15) is 4.79 Å². The molecular weight excluding hydrogens is 292 g/mol. The van der Waals surface area contributed by atoms with Gasteiger partial charge in [-0.2, -0.15) is 0 Å². The third-order valence-corrected chi connectivity index (χ3v) is 5.41. The molecule has 0 spiro atoms. The number of thiazole rings is 1. The Morgan fingerprint density at radius 1 is 1.45 bits per heavy atom. The Kier molecular flexibility index (Phi) is 4.67. The summed E-state index contributed by atoms with van der Waals surface area (Å²) in [5.74, 6) is -0.451. The standard InChI is InChI=1S/C14H16N2O2S2/c1-8(12(17)18)11-5-3-10(4-6-11)7-19-13-9(2)16-14(15)20-13/h3-6,8H,7H2,1-2H3,(H2,15,16)(H,17,18). The molecule has 4 nitrogen and oxygen atoms in total. The molecule has 1 atom stereocenters. The molecule has 0 saturated heterocycles. The predicted octanol–water partition coefficient (Wildman–Crippen LogP) is 3.51. The highest BCUT2D eigenvalue weighted by Crippen LogP contribution is 2.32. The number of nitrogens with two attached hydrogens (primary N) is 1. The number of carboxylic acids is 1. The fourth-order valence-electron chi connectivity index (χ4n) is 1.73. The van der Waals surface area contributed by atoms with Crippen LogP contribution in [-0.2, 0) is 10.5 Å². The van der Waals surface area contributed by atoms with E-state index in [1.807, 2.05) is 31.2 Å². The number of anilines is 1. The lowest BCUT2D eigenvalue weighted by Gasteiger charge is -2.07. The molecule has 20 heavy (non-hydrogen) atoms. The summed E-state index contributed by atoms with van der Waals surface area (Å²) in [4.78, 5) is 15.1. The molecule has 0 fully saturated rings. The summed E-state index contributed by atoms with van der Waals surface area (Å²) >= 11 is 3.20. The highest BCUT2D eigenvalue weighted by molar-refractivity contribution is 8.00. The number of thioether (sulfide) groups is 1. The van der Waals surface area contributed by atoms with Crippen LogP contribution in [0.15, 0.2) is 28.5 Å². The first kappa shape index (κ1) is 14.9. The van der Waals surface area contributed by atoms with Gasteiger partial charge in [0.05, 0.1) is 15.8 Å². The number of benzene rings is 1. The fraction of sp³-hybridized carbons (Fsp3) is 0.286. The van der Waals surface area contributed by atoms with Crippen molar-refractivity contribution < 1.29 is 9.90 Å². The summed E-state index contributed by atoms with van der Waals surface area (Å²) in [5.41, 5.74) is 8.61. The summed E-state index contributed by atoms with van der Waals surface area (Å²) in [7, 11) is 0. The molecule has 106 valence electrons. The van der Waals surface area contributed by atoms with Gasteiger partial charge in [-0.15, -0.1) is 11.8 Å². The maximum atomic E-state index is 10.9. The van der Waals surface area contributed by atoms with E-state index in [1.54, 1.807) is 18.7 Å². The lowest BCUT2D eigenvalue weighted by atomic mass is 10.0. The number of aromatic nitrogens is 1. The molecule has 0 radical (unpaired) electrons. The van der Waals surface area contributed by atoms with E-state index in [1.165, 1.54) is 11.3 Å². The Morgan fingerprint density at radius 2 is 2.10 bits per heavy atom. The topological polar surface area (TPSA) is 76.2 Å². The molecule has 0 bridgehead atoms. The number of carbonyl (C=O) groups is 1. The molecule has 0 saturated carbocycles. The number of aryl methyl sites for hydroxylation is 1. The van der Waals surface area contributed by atoms with E-state index in [0.29, 0.717) is 5.13 Å². The maximum absolute atomic E-state index is 10.9. The minimum absolute atomic E-state index is 0.472. The van der Waals surface area contributed by atoms with Gasteiger partial charge < -0.3 is 10.8 Å². The minimum Gasteiger partial charge on any atom is -0.481 e. The number of nitrogen functional groups attached to an aromatic ring is 1. The normalized spacial score (nSPS) is 12.3. The van der Waals surface area contributed by atoms with Gasteiger partial charge in [0.2, 0.25) is 0 Å². The van der Waals surface area contributed by atoms with Crippen molar-refractivity contribution in [3.05, 3.63) is 41.1 Å². The Hall–Kier alpha value is -1.53. The molecule has 1 aromatic heterocycles. The molecule has 1 aromatic carbocycles. The van der Waals surface area contributed by atoms with Gasteiger partial charge in [-0.25, -0.2) is 4.98 Å². The number of aliphatic carboxylic acids is 1. The van der Waals surface area contributed by atoms with Gasteiger partial charge in [0, 0.05) is 5.75 Å². The van der Waals surface area contributed by atoms with E-state index < -0.39 is 11.9 Å². The average molecular weight is 308 g/mol. The van der Waals surface area contributed by atoms with Crippen molar-refractivity contribution in [2.45, 2.75) is 29.7 Å². The number of carboxylic acid groups (broad SMARTS) is 1. The molecule has 0 aliphatic carbocycles. The van der Waals surface area contributed by atoms with Gasteiger partial charge in [0.15, 0.2) is 5.13 Å². The smallest absolute Gasteiger partial charge is 0.310 e. The molecule has 1 heterocycles. The SMILES string of the molecule is Cc1nc(N)sc1SCc1ccc(C(C)C(=O)O)cc1. The second-order valence-electron chi connectivity index (χ2n) is 4.52. The molecule has 2 aromatic rings. The Bertz CT molecular complexity index is 608. The van der Waals surface area contributed by atoms with E-state index in [0.717, 1.165) is 26.8 Å². The molecule has 0 amide bonds. The molecule has 0 aliphatic rings. The Balaban J connectivity index is 2.01. The van der Waals surface area contributed by atoms with Crippen LogP contribution in [0, 0.1) is 6.92 Å². The van der Waals surface area contributed by atoms with E-state index in [-0.39, 0.29) is 0 Å². The van der Waals surface area contributed by atoms with Crippen molar-refractivity contribution in [2.24, 2.45) is 0 Å². The molecule has 2 rings (SSSR count). The first-order valence-corrected chi connectivity index (χ1v) is 7.95. The van der Waals surface area contributed by atoms with E-state index >= 15 is 0 Å². The average Bonchev–Trinajstić information content (AvgIpc) is 2.74. The monoisotopic (exact) mass is 308 g/mol. The molecule has 0 aliphatic heterocycles. The third-order valence-electron chi connectivity index (χ3n) is 2.99. The number of hydrogen-bond acceptors (Lipinski definition) is 5. The lowest BCUT2D eigenvalue weighted by molar-refractivity contribution is -0.138. The van der Waals surface area contributed by atoms with Crippen LogP contribution in [0.5, 0.6) is 0 Å². The maximum Gasteiger partial charge on any atom is 0.310 e. The Morgan fingerprint density at radius 3 is 2.60 bits per heavy atom. The predicted molar refractivity (Wildman–Crippen MR) is 83.3 cm³/mol. The third kappa shape index (κ3) is 3.52. The van der Waals surface area contributed by atoms with Crippen molar-refractivity contribution in [3.8, 4) is 0 Å². The van der Waals surface area contributed by atoms with Crippen LogP contribution in [0.1, 0.15) is 29.7 Å². The molecule has 3 N–H and O–H groups in total. The van der Waals surface area contributed by atoms with Crippen LogP contribution < -0.4 is 5.73 Å². The van der Waals surface area contributed by atoms with Crippen molar-refractivity contribution in [2.75, 3.05) is 5.73 Å². The second-order valence-corrected chi connectivity index (χ2v) is 6.79. The quantitative estimate of drug-likeness (QED) is 0.827. The van der Waals surface area contributed by atoms with E-state index in [2.05, 4.69) is 4.98 Å². The molecule has 6 heteroatoms. The van der Waals surface area contributed by atoms with Crippen LogP contribution in [0.3, 0.4) is 0 Å². The number of rotatable bonds is 5. The van der Waals surface area contributed by atoms with Crippen LogP contribution in [0.2, 0.25) is 0 Å². The molecular formula is C14H16N2O2S2. The zero-order valence-electron chi connectivity index (χ0n) is 11.3. The van der Waals surface area contributed by atoms with Crippen LogP contribution in [-0.4, -0.2) is 16.1 Å². The lowest BCUT2D eigenvalue weighted by Crippen LogP contribution is -2.07. The van der Waals surface area contributed by atoms with Crippen LogP contribution >= 0.6 is 23.1 Å². The first-order chi connectivity index (χ1) is 9.47.